The average Bonchev–Trinajstić information content (AvgIpc) is 1.95. The van der Waals surface area contributed by atoms with Crippen molar-refractivity contribution in [2.45, 2.75) is 19.9 Å². The van der Waals surface area contributed by atoms with Gasteiger partial charge >= 0.3 is 0 Å². The van der Waals surface area contributed by atoms with Crippen LogP contribution in [0, 0.1) is 5.92 Å². The van der Waals surface area contributed by atoms with Gasteiger partial charge in [-0.15, -0.1) is 0 Å². The lowest BCUT2D eigenvalue weighted by atomic mass is 10.0. The van der Waals surface area contributed by atoms with Crippen LogP contribution in [-0.2, 0) is 4.79 Å². The van der Waals surface area contributed by atoms with E-state index in [1.54, 1.807) is 0 Å². The summed E-state index contributed by atoms with van der Waals surface area (Å²) in [6.07, 6.45) is 0. The van der Waals surface area contributed by atoms with Crippen molar-refractivity contribution >= 4 is 5.91 Å². The maximum absolute atomic E-state index is 11.4. The summed E-state index contributed by atoms with van der Waals surface area (Å²) in [5.41, 5.74) is 0. The summed E-state index contributed by atoms with van der Waals surface area (Å²) in [6.45, 7) is 6.08. The van der Waals surface area contributed by atoms with Gasteiger partial charge in [-0.1, -0.05) is 13.8 Å². The summed E-state index contributed by atoms with van der Waals surface area (Å²) < 4.78 is 0. The third-order valence-electron chi connectivity index (χ3n) is 2.20. The second kappa shape index (κ2) is 3.44. The molecule has 0 saturated carbocycles. The van der Waals surface area contributed by atoms with E-state index < -0.39 is 0 Å². The van der Waals surface area contributed by atoms with Crippen LogP contribution in [0.1, 0.15) is 13.8 Å². The van der Waals surface area contributed by atoms with Crippen LogP contribution >= 0.6 is 0 Å². The first-order valence-corrected chi connectivity index (χ1v) is 4.47. The summed E-state index contributed by atoms with van der Waals surface area (Å²) in [7, 11) is 3.91. The van der Waals surface area contributed by atoms with Crippen molar-refractivity contribution in [3.8, 4) is 0 Å². The van der Waals surface area contributed by atoms with Crippen LogP contribution in [-0.4, -0.2) is 48.9 Å². The molecule has 0 N–H and O–H groups in total. The molecule has 1 heterocycles. The molecule has 3 heteroatoms. The number of likely N-dealkylation sites (N-methyl/N-ethyl adjacent to an activating group) is 1. The lowest BCUT2D eigenvalue weighted by molar-refractivity contribution is -0.149. The lowest BCUT2D eigenvalue weighted by Gasteiger charge is -2.42. The zero-order valence-corrected chi connectivity index (χ0v) is 8.37. The fraction of sp³-hybridized carbons (Fsp3) is 0.889. The Kier molecular flexibility index (Phi) is 2.73. The molecular formula is C9H18N2O. The van der Waals surface area contributed by atoms with Gasteiger partial charge in [0.1, 0.15) is 6.04 Å². The Morgan fingerprint density at radius 1 is 1.58 bits per heavy atom. The molecule has 0 aliphatic carbocycles. The smallest absolute Gasteiger partial charge is 0.241 e. The van der Waals surface area contributed by atoms with E-state index in [0.717, 1.165) is 13.1 Å². The number of carbonyl (C=O) groups is 1. The highest BCUT2D eigenvalue weighted by molar-refractivity contribution is 5.87. The highest BCUT2D eigenvalue weighted by Gasteiger charge is 2.37. The van der Waals surface area contributed by atoms with Crippen LogP contribution < -0.4 is 0 Å². The largest absolute Gasteiger partial charge is 0.339 e. The van der Waals surface area contributed by atoms with Gasteiger partial charge in [0.05, 0.1) is 0 Å². The van der Waals surface area contributed by atoms with E-state index in [1.807, 2.05) is 23.9 Å². The van der Waals surface area contributed by atoms with Gasteiger partial charge in [0, 0.05) is 13.1 Å². The van der Waals surface area contributed by atoms with Gasteiger partial charge in [0.15, 0.2) is 0 Å². The van der Waals surface area contributed by atoms with Crippen LogP contribution in [0.15, 0.2) is 0 Å². The maximum atomic E-state index is 11.4. The Bertz CT molecular complexity index is 177. The Labute approximate surface area is 74.3 Å². The molecule has 1 fully saturated rings. The first-order valence-electron chi connectivity index (χ1n) is 4.47. The minimum absolute atomic E-state index is 0.142. The molecular weight excluding hydrogens is 152 g/mol. The van der Waals surface area contributed by atoms with Crippen LogP contribution in [0.2, 0.25) is 0 Å². The molecule has 1 rings (SSSR count). The molecule has 0 aromatic rings. The normalized spacial score (nSPS) is 23.7. The Morgan fingerprint density at radius 3 is 2.50 bits per heavy atom. The van der Waals surface area contributed by atoms with Crippen molar-refractivity contribution in [3.05, 3.63) is 0 Å². The van der Waals surface area contributed by atoms with Crippen LogP contribution in [0.5, 0.6) is 0 Å². The number of hydrogen-bond acceptors (Lipinski definition) is 2. The summed E-state index contributed by atoms with van der Waals surface area (Å²) in [5.74, 6) is 0.866. The second-order valence-electron chi connectivity index (χ2n) is 4.12. The zero-order chi connectivity index (χ0) is 9.30. The molecule has 1 amide bonds. The number of nitrogens with zero attached hydrogens (tertiary/aromatic N) is 2. The minimum atomic E-state index is 0.142. The minimum Gasteiger partial charge on any atom is -0.339 e. The Morgan fingerprint density at radius 2 is 2.17 bits per heavy atom. The van der Waals surface area contributed by atoms with Crippen molar-refractivity contribution in [2.24, 2.45) is 5.92 Å². The molecule has 0 aromatic heterocycles. The van der Waals surface area contributed by atoms with Crippen molar-refractivity contribution in [3.63, 3.8) is 0 Å². The van der Waals surface area contributed by atoms with Crippen molar-refractivity contribution in [2.75, 3.05) is 27.2 Å². The molecule has 70 valence electrons. The maximum Gasteiger partial charge on any atom is 0.241 e. The molecule has 0 bridgehead atoms. The van der Waals surface area contributed by atoms with Gasteiger partial charge < -0.3 is 4.90 Å². The first-order chi connectivity index (χ1) is 5.52. The number of likely N-dealkylation sites (tertiary alicyclic amines) is 1. The highest BCUT2D eigenvalue weighted by atomic mass is 16.2. The third kappa shape index (κ3) is 1.78. The number of β-lactam (4-membered cyclic amide) rings is 1. The Hall–Kier alpha value is -0.570. The van der Waals surface area contributed by atoms with Gasteiger partial charge in [-0.3, -0.25) is 9.69 Å². The molecule has 3 nitrogen and oxygen atoms in total. The monoisotopic (exact) mass is 170 g/mol. The number of hydrogen-bond donors (Lipinski definition) is 0. The molecule has 0 spiro atoms. The predicted molar refractivity (Wildman–Crippen MR) is 48.9 cm³/mol. The number of rotatable bonds is 3. The van der Waals surface area contributed by atoms with E-state index in [2.05, 4.69) is 13.8 Å². The SMILES string of the molecule is CC(C)CN1CC(N(C)C)C1=O. The average molecular weight is 170 g/mol. The van der Waals surface area contributed by atoms with Gasteiger partial charge in [0.2, 0.25) is 5.91 Å². The fourth-order valence-corrected chi connectivity index (χ4v) is 1.46. The summed E-state index contributed by atoms with van der Waals surface area (Å²) in [4.78, 5) is 15.3. The van der Waals surface area contributed by atoms with E-state index in [1.165, 1.54) is 0 Å². The van der Waals surface area contributed by atoms with E-state index in [9.17, 15) is 4.79 Å². The fourth-order valence-electron chi connectivity index (χ4n) is 1.46. The van der Waals surface area contributed by atoms with Gasteiger partial charge in [0.25, 0.3) is 0 Å². The Balaban J connectivity index is 2.34. The number of amides is 1. The predicted octanol–water partition coefficient (Wildman–Crippen LogP) is 0.415. The van der Waals surface area contributed by atoms with Crippen molar-refractivity contribution in [1.29, 1.82) is 0 Å². The molecule has 12 heavy (non-hydrogen) atoms. The van der Waals surface area contributed by atoms with Gasteiger partial charge in [-0.2, -0.15) is 0 Å². The van der Waals surface area contributed by atoms with Crippen LogP contribution in [0.25, 0.3) is 0 Å². The topological polar surface area (TPSA) is 23.6 Å². The first kappa shape index (κ1) is 9.52. The van der Waals surface area contributed by atoms with Gasteiger partial charge in [-0.05, 0) is 20.0 Å². The molecule has 1 aliphatic heterocycles. The van der Waals surface area contributed by atoms with E-state index in [-0.39, 0.29) is 11.9 Å². The van der Waals surface area contributed by atoms with Crippen molar-refractivity contribution < 1.29 is 4.79 Å². The zero-order valence-electron chi connectivity index (χ0n) is 8.37. The van der Waals surface area contributed by atoms with Crippen LogP contribution in [0.4, 0.5) is 0 Å². The molecule has 0 radical (unpaired) electrons. The van der Waals surface area contributed by atoms with Crippen LogP contribution in [0.3, 0.4) is 0 Å². The molecule has 0 aromatic carbocycles. The van der Waals surface area contributed by atoms with E-state index in [4.69, 9.17) is 0 Å². The lowest BCUT2D eigenvalue weighted by Crippen LogP contribution is -2.62. The molecule has 1 atom stereocenters. The van der Waals surface area contributed by atoms with Gasteiger partial charge in [-0.25, -0.2) is 0 Å². The highest BCUT2D eigenvalue weighted by Crippen LogP contribution is 2.15. The quantitative estimate of drug-likeness (QED) is 0.573. The summed E-state index contributed by atoms with van der Waals surface area (Å²) in [6, 6.07) is 0.142. The second-order valence-corrected chi connectivity index (χ2v) is 4.12. The molecule has 1 aliphatic rings. The van der Waals surface area contributed by atoms with E-state index in [0.29, 0.717) is 5.92 Å². The molecule has 1 unspecified atom stereocenters. The molecule has 1 saturated heterocycles. The summed E-state index contributed by atoms with van der Waals surface area (Å²) >= 11 is 0. The van der Waals surface area contributed by atoms with Crippen molar-refractivity contribution in [1.82, 2.24) is 9.80 Å². The standard InChI is InChI=1S/C9H18N2O/c1-7(2)5-11-6-8(9(11)12)10(3)4/h7-8H,5-6H2,1-4H3. The number of carbonyl (C=O) groups excluding carboxylic acids is 1. The van der Waals surface area contributed by atoms with E-state index >= 15 is 0 Å². The summed E-state index contributed by atoms with van der Waals surface area (Å²) in [5, 5.41) is 0. The third-order valence-corrected chi connectivity index (χ3v) is 2.20.